The first-order chi connectivity index (χ1) is 9.01. The number of thioether (sulfide) groups is 1. The van der Waals surface area contributed by atoms with E-state index in [2.05, 4.69) is 20.9 Å². The third-order valence-electron chi connectivity index (χ3n) is 2.35. The first-order valence-electron chi connectivity index (χ1n) is 5.18. The van der Waals surface area contributed by atoms with Crippen LogP contribution in [0.4, 0.5) is 4.39 Å². The van der Waals surface area contributed by atoms with Crippen LogP contribution in [0.3, 0.4) is 0 Å². The highest BCUT2D eigenvalue weighted by Gasteiger charge is 2.20. The summed E-state index contributed by atoms with van der Waals surface area (Å²) in [6.45, 7) is 0. The van der Waals surface area contributed by atoms with Crippen LogP contribution in [-0.4, -0.2) is 27.8 Å². The lowest BCUT2D eigenvalue weighted by Crippen LogP contribution is -2.23. The number of aliphatic carboxylic acids is 1. The maximum Gasteiger partial charge on any atom is 0.355 e. The molecule has 0 spiro atoms. The molecule has 1 aromatic carbocycles. The van der Waals surface area contributed by atoms with Gasteiger partial charge in [0.05, 0.1) is 5.52 Å². The quantitative estimate of drug-likeness (QED) is 0.861. The third-order valence-corrected chi connectivity index (χ3v) is 3.51. The number of carboxylic acids is 1. The molecule has 4 nitrogen and oxygen atoms in total. The fourth-order valence-electron chi connectivity index (χ4n) is 1.51. The molecule has 2 rings (SSSR count). The Bertz CT molecular complexity index is 638. The van der Waals surface area contributed by atoms with Crippen LogP contribution in [0.1, 0.15) is 0 Å². The molecule has 0 aliphatic rings. The molecule has 7 heteroatoms. The number of halogens is 2. The topological polar surface area (TPSA) is 59.4 Å². The van der Waals surface area contributed by atoms with E-state index in [0.717, 1.165) is 16.2 Å². The summed E-state index contributed by atoms with van der Waals surface area (Å²) in [5, 5.41) is 9.56. The molecule has 1 N–H and O–H groups in total. The van der Waals surface area contributed by atoms with Gasteiger partial charge in [-0.1, -0.05) is 0 Å². The molecular formula is C12H9BrFNO3S. The summed E-state index contributed by atoms with van der Waals surface area (Å²) in [6.07, 6.45) is 3.14. The van der Waals surface area contributed by atoms with E-state index in [9.17, 15) is 9.18 Å². The van der Waals surface area contributed by atoms with Crippen LogP contribution >= 0.6 is 27.7 Å². The first-order valence-corrected chi connectivity index (χ1v) is 7.26. The Morgan fingerprint density at radius 1 is 1.53 bits per heavy atom. The molecule has 100 valence electrons. The lowest BCUT2D eigenvalue weighted by Gasteiger charge is -2.13. The lowest BCUT2D eigenvalue weighted by atomic mass is 10.2. The van der Waals surface area contributed by atoms with Crippen LogP contribution in [0.5, 0.6) is 5.75 Å². The molecule has 0 radical (unpaired) electrons. The van der Waals surface area contributed by atoms with Gasteiger partial charge in [0.15, 0.2) is 11.6 Å². The average molecular weight is 346 g/mol. The number of benzene rings is 1. The summed E-state index contributed by atoms with van der Waals surface area (Å²) < 4.78 is 19.7. The summed E-state index contributed by atoms with van der Waals surface area (Å²) in [6, 6.07) is 4.41. The monoisotopic (exact) mass is 345 g/mol. The van der Waals surface area contributed by atoms with Crippen molar-refractivity contribution in [2.45, 2.75) is 5.44 Å². The molecule has 2 aromatic rings. The number of carboxylic acid groups (broad SMARTS) is 1. The molecule has 0 saturated heterocycles. The van der Waals surface area contributed by atoms with Crippen molar-refractivity contribution in [2.75, 3.05) is 6.26 Å². The zero-order chi connectivity index (χ0) is 14.0. The van der Waals surface area contributed by atoms with Crippen LogP contribution in [0, 0.1) is 5.82 Å². The molecule has 0 amide bonds. The van der Waals surface area contributed by atoms with E-state index in [-0.39, 0.29) is 5.75 Å². The second-order valence-electron chi connectivity index (χ2n) is 3.65. The molecule has 1 heterocycles. The van der Waals surface area contributed by atoms with Crippen LogP contribution in [0.25, 0.3) is 10.9 Å². The fraction of sp³-hybridized carbons (Fsp3) is 0.167. The largest absolute Gasteiger partial charge is 0.478 e. The SMILES string of the molecule is CSC(Oc1cc2cc(Br)cnc2cc1F)C(=O)O. The second kappa shape index (κ2) is 5.75. The molecule has 0 aliphatic carbocycles. The molecule has 1 aromatic heterocycles. The highest BCUT2D eigenvalue weighted by atomic mass is 79.9. The van der Waals surface area contributed by atoms with E-state index >= 15 is 0 Å². The van der Waals surface area contributed by atoms with Gasteiger partial charge in [-0.3, -0.25) is 4.98 Å². The van der Waals surface area contributed by atoms with Crippen LogP contribution in [0.15, 0.2) is 28.9 Å². The van der Waals surface area contributed by atoms with Crippen molar-refractivity contribution in [1.82, 2.24) is 4.98 Å². The fourth-order valence-corrected chi connectivity index (χ4v) is 2.26. The Kier molecular flexibility index (Phi) is 4.26. The molecule has 0 aliphatic heterocycles. The van der Waals surface area contributed by atoms with Gasteiger partial charge in [-0.15, -0.1) is 11.8 Å². The maximum absolute atomic E-state index is 13.8. The minimum atomic E-state index is -1.15. The van der Waals surface area contributed by atoms with Gasteiger partial charge in [-0.25, -0.2) is 9.18 Å². The minimum absolute atomic E-state index is 0.103. The predicted octanol–water partition coefficient (Wildman–Crippen LogP) is 3.29. The minimum Gasteiger partial charge on any atom is -0.478 e. The van der Waals surface area contributed by atoms with Crippen molar-refractivity contribution < 1.29 is 19.0 Å². The summed E-state index contributed by atoms with van der Waals surface area (Å²) in [5.41, 5.74) is -0.670. The standard InChI is InChI=1S/C12H9BrFNO3S/c1-19-12(11(16)17)18-10-3-6-2-7(13)5-15-9(6)4-8(10)14/h2-5,12H,1H3,(H,16,17). The smallest absolute Gasteiger partial charge is 0.355 e. The molecule has 1 atom stereocenters. The highest BCUT2D eigenvalue weighted by Crippen LogP contribution is 2.27. The number of nitrogens with zero attached hydrogens (tertiary/aromatic N) is 1. The summed E-state index contributed by atoms with van der Waals surface area (Å²) in [5.74, 6) is -1.89. The molecule has 0 bridgehead atoms. The van der Waals surface area contributed by atoms with Gasteiger partial charge < -0.3 is 9.84 Å². The van der Waals surface area contributed by atoms with E-state index in [0.29, 0.717) is 10.9 Å². The molecule has 0 saturated carbocycles. The molecule has 0 fully saturated rings. The van der Waals surface area contributed by atoms with Gasteiger partial charge in [0.1, 0.15) is 0 Å². The number of pyridine rings is 1. The van der Waals surface area contributed by atoms with Crippen molar-refractivity contribution in [2.24, 2.45) is 0 Å². The van der Waals surface area contributed by atoms with Crippen LogP contribution in [-0.2, 0) is 4.79 Å². The van der Waals surface area contributed by atoms with Gasteiger partial charge in [0.25, 0.3) is 0 Å². The van der Waals surface area contributed by atoms with Gasteiger partial charge in [0, 0.05) is 22.1 Å². The summed E-state index contributed by atoms with van der Waals surface area (Å²) >= 11 is 4.24. The van der Waals surface area contributed by atoms with E-state index in [1.165, 1.54) is 12.1 Å². The van der Waals surface area contributed by atoms with Crippen LogP contribution < -0.4 is 4.74 Å². The van der Waals surface area contributed by atoms with Gasteiger partial charge in [-0.05, 0) is 34.3 Å². The summed E-state index contributed by atoms with van der Waals surface area (Å²) in [7, 11) is 0. The van der Waals surface area contributed by atoms with Crippen molar-refractivity contribution >= 4 is 44.6 Å². The Hall–Kier alpha value is -1.34. The van der Waals surface area contributed by atoms with E-state index in [1.54, 1.807) is 18.5 Å². The lowest BCUT2D eigenvalue weighted by molar-refractivity contribution is -0.140. The summed E-state index contributed by atoms with van der Waals surface area (Å²) in [4.78, 5) is 14.9. The van der Waals surface area contributed by atoms with Crippen molar-refractivity contribution in [1.29, 1.82) is 0 Å². The third kappa shape index (κ3) is 3.16. The van der Waals surface area contributed by atoms with E-state index < -0.39 is 17.2 Å². The number of fused-ring (bicyclic) bond motifs is 1. The molecule has 1 unspecified atom stereocenters. The second-order valence-corrected chi connectivity index (χ2v) is 5.47. The van der Waals surface area contributed by atoms with Crippen LogP contribution in [0.2, 0.25) is 0 Å². The zero-order valence-corrected chi connectivity index (χ0v) is 12.2. The first kappa shape index (κ1) is 14.1. The van der Waals surface area contributed by atoms with Crippen molar-refractivity contribution in [3.8, 4) is 5.75 Å². The number of aromatic nitrogens is 1. The molecular weight excluding hydrogens is 337 g/mol. The maximum atomic E-state index is 13.8. The normalized spacial score (nSPS) is 12.4. The number of ether oxygens (including phenoxy) is 1. The number of carbonyl (C=O) groups is 1. The Morgan fingerprint density at radius 2 is 2.26 bits per heavy atom. The average Bonchev–Trinajstić information content (AvgIpc) is 2.36. The number of hydrogen-bond acceptors (Lipinski definition) is 4. The van der Waals surface area contributed by atoms with Gasteiger partial charge in [-0.2, -0.15) is 0 Å². The Morgan fingerprint density at radius 3 is 2.89 bits per heavy atom. The predicted molar refractivity (Wildman–Crippen MR) is 75.0 cm³/mol. The zero-order valence-electron chi connectivity index (χ0n) is 9.76. The molecule has 19 heavy (non-hydrogen) atoms. The Labute approximate surface area is 121 Å². The highest BCUT2D eigenvalue weighted by molar-refractivity contribution is 9.10. The van der Waals surface area contributed by atoms with Gasteiger partial charge in [0.2, 0.25) is 5.44 Å². The van der Waals surface area contributed by atoms with E-state index in [1.807, 2.05) is 0 Å². The van der Waals surface area contributed by atoms with Crippen molar-refractivity contribution in [3.05, 3.63) is 34.7 Å². The number of hydrogen-bond donors (Lipinski definition) is 1. The van der Waals surface area contributed by atoms with E-state index in [4.69, 9.17) is 9.84 Å². The number of rotatable bonds is 4. The van der Waals surface area contributed by atoms with Crippen molar-refractivity contribution in [3.63, 3.8) is 0 Å². The van der Waals surface area contributed by atoms with Gasteiger partial charge >= 0.3 is 5.97 Å². The Balaban J connectivity index is 2.42.